The summed E-state index contributed by atoms with van der Waals surface area (Å²) in [5.41, 5.74) is 8.54. The molecule has 1 aliphatic heterocycles. The Bertz CT molecular complexity index is 296. The Labute approximate surface area is 79.1 Å². The first-order valence-electron chi connectivity index (χ1n) is 4.85. The molecule has 1 aromatic carbocycles. The predicted molar refractivity (Wildman–Crippen MR) is 54.5 cm³/mol. The second-order valence-corrected chi connectivity index (χ2v) is 3.76. The first-order valence-corrected chi connectivity index (χ1v) is 4.85. The van der Waals surface area contributed by atoms with Crippen LogP contribution >= 0.6 is 0 Å². The van der Waals surface area contributed by atoms with E-state index in [1.165, 1.54) is 11.1 Å². The number of rotatable bonds is 1. The lowest BCUT2D eigenvalue weighted by molar-refractivity contribution is 0.428. The van der Waals surface area contributed by atoms with Gasteiger partial charge >= 0.3 is 0 Å². The molecule has 1 aliphatic rings. The molecule has 0 radical (unpaired) electrons. The average Bonchev–Trinajstić information content (AvgIpc) is 2.16. The molecule has 0 saturated heterocycles. The van der Waals surface area contributed by atoms with E-state index in [4.69, 9.17) is 5.73 Å². The molecule has 0 bridgehead atoms. The van der Waals surface area contributed by atoms with E-state index in [0.717, 1.165) is 6.42 Å². The molecule has 1 heterocycles. The molecule has 0 aliphatic carbocycles. The lowest BCUT2D eigenvalue weighted by Gasteiger charge is -2.30. The van der Waals surface area contributed by atoms with Gasteiger partial charge < -0.3 is 11.1 Å². The normalized spacial score (nSPS) is 26.9. The van der Waals surface area contributed by atoms with Crippen LogP contribution < -0.4 is 11.1 Å². The summed E-state index contributed by atoms with van der Waals surface area (Å²) in [6.07, 6.45) is 1.12. The van der Waals surface area contributed by atoms with Crippen molar-refractivity contribution < 1.29 is 0 Å². The number of hydrogen-bond acceptors (Lipinski definition) is 2. The van der Waals surface area contributed by atoms with Crippen LogP contribution in [-0.4, -0.2) is 12.6 Å². The topological polar surface area (TPSA) is 38.0 Å². The molecule has 3 N–H and O–H groups in total. The molecule has 70 valence electrons. The highest BCUT2D eigenvalue weighted by molar-refractivity contribution is 5.33. The van der Waals surface area contributed by atoms with Crippen LogP contribution in [0.3, 0.4) is 0 Å². The molecule has 2 nitrogen and oxygen atoms in total. The van der Waals surface area contributed by atoms with Gasteiger partial charge in [-0.15, -0.1) is 0 Å². The van der Waals surface area contributed by atoms with E-state index in [2.05, 4.69) is 36.5 Å². The molecule has 0 aromatic heterocycles. The number of fused-ring (bicyclic) bond motifs is 1. The fourth-order valence-corrected chi connectivity index (χ4v) is 2.08. The van der Waals surface area contributed by atoms with Crippen LogP contribution in [-0.2, 0) is 6.42 Å². The fourth-order valence-electron chi connectivity index (χ4n) is 2.08. The van der Waals surface area contributed by atoms with Crippen molar-refractivity contribution in [2.45, 2.75) is 25.4 Å². The van der Waals surface area contributed by atoms with Crippen molar-refractivity contribution in [3.8, 4) is 0 Å². The molecular weight excluding hydrogens is 160 g/mol. The van der Waals surface area contributed by atoms with Crippen molar-refractivity contribution in [2.24, 2.45) is 5.73 Å². The van der Waals surface area contributed by atoms with Gasteiger partial charge in [-0.25, -0.2) is 0 Å². The lowest BCUT2D eigenvalue weighted by Crippen LogP contribution is -2.40. The maximum atomic E-state index is 5.72. The first kappa shape index (κ1) is 8.73. The Balaban J connectivity index is 2.37. The second kappa shape index (κ2) is 3.48. The largest absolute Gasteiger partial charge is 0.329 e. The van der Waals surface area contributed by atoms with Gasteiger partial charge in [0.15, 0.2) is 0 Å². The zero-order chi connectivity index (χ0) is 9.26. The molecule has 2 atom stereocenters. The van der Waals surface area contributed by atoms with E-state index in [0.29, 0.717) is 18.6 Å². The Morgan fingerprint density at radius 2 is 2.23 bits per heavy atom. The van der Waals surface area contributed by atoms with E-state index < -0.39 is 0 Å². The maximum absolute atomic E-state index is 5.72. The SMILES string of the molecule is C[C@H]1Cc2ccccc2[C@@H](CN)N1. The summed E-state index contributed by atoms with van der Waals surface area (Å²) in [6, 6.07) is 9.45. The summed E-state index contributed by atoms with van der Waals surface area (Å²) in [7, 11) is 0. The monoisotopic (exact) mass is 176 g/mol. The standard InChI is InChI=1S/C11H16N2/c1-8-6-9-4-2-3-5-10(9)11(7-12)13-8/h2-5,8,11,13H,6-7,12H2,1H3/t8-,11+/m0/s1. The van der Waals surface area contributed by atoms with Gasteiger partial charge in [-0.3, -0.25) is 0 Å². The Morgan fingerprint density at radius 1 is 1.46 bits per heavy atom. The van der Waals surface area contributed by atoms with Gasteiger partial charge in [-0.2, -0.15) is 0 Å². The Hall–Kier alpha value is -0.860. The predicted octanol–water partition coefficient (Wildman–Crippen LogP) is 1.22. The third kappa shape index (κ3) is 1.60. The van der Waals surface area contributed by atoms with Crippen molar-refractivity contribution in [1.29, 1.82) is 0 Å². The minimum absolute atomic E-state index is 0.347. The van der Waals surface area contributed by atoms with Crippen LogP contribution in [0.5, 0.6) is 0 Å². The average molecular weight is 176 g/mol. The van der Waals surface area contributed by atoms with Gasteiger partial charge in [0.1, 0.15) is 0 Å². The number of nitrogens with two attached hydrogens (primary N) is 1. The van der Waals surface area contributed by atoms with Crippen molar-refractivity contribution in [1.82, 2.24) is 5.32 Å². The van der Waals surface area contributed by atoms with Crippen LogP contribution in [0.1, 0.15) is 24.1 Å². The first-order chi connectivity index (χ1) is 6.31. The third-order valence-electron chi connectivity index (χ3n) is 2.68. The van der Waals surface area contributed by atoms with E-state index in [-0.39, 0.29) is 0 Å². The van der Waals surface area contributed by atoms with Crippen LogP contribution in [0.25, 0.3) is 0 Å². The van der Waals surface area contributed by atoms with Crippen molar-refractivity contribution >= 4 is 0 Å². The molecule has 0 unspecified atom stereocenters. The summed E-state index contributed by atoms with van der Waals surface area (Å²) in [5.74, 6) is 0. The summed E-state index contributed by atoms with van der Waals surface area (Å²) in [6.45, 7) is 2.89. The number of benzene rings is 1. The van der Waals surface area contributed by atoms with Crippen LogP contribution in [0.2, 0.25) is 0 Å². The van der Waals surface area contributed by atoms with Gasteiger partial charge in [-0.1, -0.05) is 24.3 Å². The minimum Gasteiger partial charge on any atom is -0.329 e. The second-order valence-electron chi connectivity index (χ2n) is 3.76. The highest BCUT2D eigenvalue weighted by Gasteiger charge is 2.21. The smallest absolute Gasteiger partial charge is 0.0449 e. The van der Waals surface area contributed by atoms with Crippen molar-refractivity contribution in [3.05, 3.63) is 35.4 Å². The summed E-state index contributed by atoms with van der Waals surface area (Å²) in [5, 5.41) is 3.50. The summed E-state index contributed by atoms with van der Waals surface area (Å²) in [4.78, 5) is 0. The molecule has 0 spiro atoms. The van der Waals surface area contributed by atoms with E-state index in [9.17, 15) is 0 Å². The molecule has 0 amide bonds. The molecular formula is C11H16N2. The zero-order valence-electron chi connectivity index (χ0n) is 7.96. The third-order valence-corrected chi connectivity index (χ3v) is 2.68. The van der Waals surface area contributed by atoms with E-state index in [1.807, 2.05) is 0 Å². The Morgan fingerprint density at radius 3 is 3.00 bits per heavy atom. The van der Waals surface area contributed by atoms with Gasteiger partial charge in [0.25, 0.3) is 0 Å². The Kier molecular flexibility index (Phi) is 2.34. The molecule has 2 heteroatoms. The van der Waals surface area contributed by atoms with E-state index >= 15 is 0 Å². The summed E-state index contributed by atoms with van der Waals surface area (Å²) < 4.78 is 0. The lowest BCUT2D eigenvalue weighted by atomic mass is 9.91. The minimum atomic E-state index is 0.347. The van der Waals surface area contributed by atoms with Crippen LogP contribution in [0.4, 0.5) is 0 Å². The molecule has 0 saturated carbocycles. The number of hydrogen-bond donors (Lipinski definition) is 2. The zero-order valence-corrected chi connectivity index (χ0v) is 7.96. The van der Waals surface area contributed by atoms with Gasteiger partial charge in [0.2, 0.25) is 0 Å². The highest BCUT2D eigenvalue weighted by Crippen LogP contribution is 2.23. The van der Waals surface area contributed by atoms with Crippen LogP contribution in [0.15, 0.2) is 24.3 Å². The quantitative estimate of drug-likeness (QED) is 0.675. The van der Waals surface area contributed by atoms with Gasteiger partial charge in [0, 0.05) is 18.6 Å². The van der Waals surface area contributed by atoms with Crippen molar-refractivity contribution in [3.63, 3.8) is 0 Å². The highest BCUT2D eigenvalue weighted by atomic mass is 15.0. The summed E-state index contributed by atoms with van der Waals surface area (Å²) >= 11 is 0. The molecule has 1 aromatic rings. The van der Waals surface area contributed by atoms with Crippen LogP contribution in [0, 0.1) is 0 Å². The van der Waals surface area contributed by atoms with Gasteiger partial charge in [-0.05, 0) is 24.5 Å². The van der Waals surface area contributed by atoms with E-state index in [1.54, 1.807) is 0 Å². The number of nitrogens with one attached hydrogen (secondary N) is 1. The van der Waals surface area contributed by atoms with Gasteiger partial charge in [0.05, 0.1) is 0 Å². The molecule has 2 rings (SSSR count). The fraction of sp³-hybridized carbons (Fsp3) is 0.455. The van der Waals surface area contributed by atoms with Crippen molar-refractivity contribution in [2.75, 3.05) is 6.54 Å². The molecule has 0 fully saturated rings. The molecule has 13 heavy (non-hydrogen) atoms. The maximum Gasteiger partial charge on any atom is 0.0449 e.